The molecule has 1 aliphatic carbocycles. The maximum Gasteiger partial charge on any atom is 0.312 e. The summed E-state index contributed by atoms with van der Waals surface area (Å²) in [5, 5.41) is 0. The molecule has 0 aromatic heterocycles. The summed E-state index contributed by atoms with van der Waals surface area (Å²) in [5.41, 5.74) is 5.60. The van der Waals surface area contributed by atoms with Crippen LogP contribution in [0, 0.1) is 5.92 Å². The molecule has 0 saturated carbocycles. The van der Waals surface area contributed by atoms with Gasteiger partial charge < -0.3 is 10.5 Å². The van der Waals surface area contributed by atoms with E-state index in [2.05, 4.69) is 4.74 Å². The largest absolute Gasteiger partial charge is 0.469 e. The van der Waals surface area contributed by atoms with Crippen LogP contribution >= 0.6 is 0 Å². The highest BCUT2D eigenvalue weighted by Gasteiger charge is 2.19. The summed E-state index contributed by atoms with van der Waals surface area (Å²) in [7, 11) is 1.41. The van der Waals surface area contributed by atoms with Crippen molar-refractivity contribution in [2.24, 2.45) is 11.7 Å². The Labute approximate surface area is 66.2 Å². The normalized spacial score (nSPS) is 30.0. The third kappa shape index (κ3) is 2.05. The van der Waals surface area contributed by atoms with Crippen molar-refractivity contribution < 1.29 is 9.53 Å². The van der Waals surface area contributed by atoms with Crippen LogP contribution in [-0.2, 0) is 9.53 Å². The molecule has 62 valence electrons. The van der Waals surface area contributed by atoms with Crippen LogP contribution in [0.1, 0.15) is 12.8 Å². The molecule has 3 nitrogen and oxygen atoms in total. The third-order valence-corrected chi connectivity index (χ3v) is 1.91. The van der Waals surface area contributed by atoms with Crippen LogP contribution in [0.25, 0.3) is 0 Å². The SMILES string of the molecule is COC(=O)[C@H]1C=C[C@@H](N)CC1. The molecular formula is C8H13NO2. The molecule has 0 bridgehead atoms. The number of carbonyl (C=O) groups excluding carboxylic acids is 1. The molecule has 0 aliphatic heterocycles. The van der Waals surface area contributed by atoms with Gasteiger partial charge in [0.15, 0.2) is 0 Å². The van der Waals surface area contributed by atoms with Crippen molar-refractivity contribution in [1.29, 1.82) is 0 Å². The molecule has 0 unspecified atom stereocenters. The van der Waals surface area contributed by atoms with Crippen molar-refractivity contribution >= 4 is 5.97 Å². The van der Waals surface area contributed by atoms with E-state index < -0.39 is 0 Å². The molecule has 0 spiro atoms. The Morgan fingerprint density at radius 1 is 1.55 bits per heavy atom. The summed E-state index contributed by atoms with van der Waals surface area (Å²) in [6.07, 6.45) is 5.38. The van der Waals surface area contributed by atoms with Crippen LogP contribution in [0.15, 0.2) is 12.2 Å². The molecule has 1 rings (SSSR count). The van der Waals surface area contributed by atoms with Crippen LogP contribution in [0.2, 0.25) is 0 Å². The van der Waals surface area contributed by atoms with E-state index in [-0.39, 0.29) is 17.9 Å². The lowest BCUT2D eigenvalue weighted by Crippen LogP contribution is -2.25. The molecule has 0 aromatic carbocycles. The number of hydrogen-bond acceptors (Lipinski definition) is 3. The Kier molecular flexibility index (Phi) is 2.65. The summed E-state index contributed by atoms with van der Waals surface area (Å²) in [6.45, 7) is 0. The van der Waals surface area contributed by atoms with Crippen LogP contribution in [0.5, 0.6) is 0 Å². The van der Waals surface area contributed by atoms with E-state index in [4.69, 9.17) is 5.73 Å². The van der Waals surface area contributed by atoms with Crippen LogP contribution < -0.4 is 5.73 Å². The predicted molar refractivity (Wildman–Crippen MR) is 41.9 cm³/mol. The summed E-state index contributed by atoms with van der Waals surface area (Å²) in [6, 6.07) is 0.121. The number of nitrogens with two attached hydrogens (primary N) is 1. The van der Waals surface area contributed by atoms with Gasteiger partial charge in [0.2, 0.25) is 0 Å². The fourth-order valence-corrected chi connectivity index (χ4v) is 1.19. The first kappa shape index (κ1) is 8.27. The Hall–Kier alpha value is -0.830. The van der Waals surface area contributed by atoms with Crippen molar-refractivity contribution in [2.45, 2.75) is 18.9 Å². The molecule has 0 heterocycles. The molecule has 0 saturated heterocycles. The first-order chi connectivity index (χ1) is 5.24. The average Bonchev–Trinajstić information content (AvgIpc) is 2.05. The first-order valence-electron chi connectivity index (χ1n) is 3.76. The van der Waals surface area contributed by atoms with E-state index in [0.717, 1.165) is 12.8 Å². The zero-order valence-corrected chi connectivity index (χ0v) is 6.62. The van der Waals surface area contributed by atoms with E-state index in [1.165, 1.54) is 7.11 Å². The van der Waals surface area contributed by atoms with Gasteiger partial charge >= 0.3 is 5.97 Å². The Morgan fingerprint density at radius 2 is 2.27 bits per heavy atom. The molecule has 0 amide bonds. The van der Waals surface area contributed by atoms with Crippen molar-refractivity contribution in [1.82, 2.24) is 0 Å². The van der Waals surface area contributed by atoms with E-state index in [0.29, 0.717) is 0 Å². The second-order valence-corrected chi connectivity index (χ2v) is 2.76. The molecule has 11 heavy (non-hydrogen) atoms. The minimum atomic E-state index is -0.159. The van der Waals surface area contributed by atoms with Gasteiger partial charge in [0.1, 0.15) is 0 Å². The van der Waals surface area contributed by atoms with Crippen LogP contribution in [0.4, 0.5) is 0 Å². The molecule has 1 aliphatic rings. The van der Waals surface area contributed by atoms with Crippen molar-refractivity contribution in [3.8, 4) is 0 Å². The number of hydrogen-bond donors (Lipinski definition) is 1. The Morgan fingerprint density at radius 3 is 2.73 bits per heavy atom. The van der Waals surface area contributed by atoms with Gasteiger partial charge in [-0.3, -0.25) is 4.79 Å². The smallest absolute Gasteiger partial charge is 0.312 e. The monoisotopic (exact) mass is 155 g/mol. The first-order valence-corrected chi connectivity index (χ1v) is 3.76. The van der Waals surface area contributed by atoms with Gasteiger partial charge in [0, 0.05) is 6.04 Å². The highest BCUT2D eigenvalue weighted by atomic mass is 16.5. The van der Waals surface area contributed by atoms with Gasteiger partial charge in [0.05, 0.1) is 13.0 Å². The molecule has 2 atom stereocenters. The lowest BCUT2D eigenvalue weighted by atomic mass is 9.93. The second-order valence-electron chi connectivity index (χ2n) is 2.76. The minimum Gasteiger partial charge on any atom is -0.469 e. The minimum absolute atomic E-state index is 0.0696. The maximum absolute atomic E-state index is 11.0. The molecule has 0 aromatic rings. The lowest BCUT2D eigenvalue weighted by Gasteiger charge is -2.17. The highest BCUT2D eigenvalue weighted by Crippen LogP contribution is 2.17. The van der Waals surface area contributed by atoms with Crippen LogP contribution in [-0.4, -0.2) is 19.1 Å². The molecule has 2 N–H and O–H groups in total. The average molecular weight is 155 g/mol. The Balaban J connectivity index is 2.50. The summed E-state index contributed by atoms with van der Waals surface area (Å²) in [4.78, 5) is 11.0. The van der Waals surface area contributed by atoms with Crippen molar-refractivity contribution in [3.63, 3.8) is 0 Å². The van der Waals surface area contributed by atoms with Gasteiger partial charge in [-0.15, -0.1) is 0 Å². The second kappa shape index (κ2) is 3.53. The van der Waals surface area contributed by atoms with E-state index in [1.54, 1.807) is 0 Å². The number of ether oxygens (including phenoxy) is 1. The molecular weight excluding hydrogens is 142 g/mol. The van der Waals surface area contributed by atoms with Crippen molar-refractivity contribution in [2.75, 3.05) is 7.11 Å². The fourth-order valence-electron chi connectivity index (χ4n) is 1.19. The lowest BCUT2D eigenvalue weighted by molar-refractivity contribution is -0.144. The van der Waals surface area contributed by atoms with Crippen LogP contribution in [0.3, 0.4) is 0 Å². The highest BCUT2D eigenvalue weighted by molar-refractivity contribution is 5.74. The predicted octanol–water partition coefficient (Wildman–Crippen LogP) is 0.453. The maximum atomic E-state index is 11.0. The third-order valence-electron chi connectivity index (χ3n) is 1.91. The van der Waals surface area contributed by atoms with E-state index in [9.17, 15) is 4.79 Å². The van der Waals surface area contributed by atoms with Gasteiger partial charge in [0.25, 0.3) is 0 Å². The molecule has 3 heteroatoms. The van der Waals surface area contributed by atoms with Gasteiger partial charge in [-0.05, 0) is 12.8 Å². The summed E-state index contributed by atoms with van der Waals surface area (Å²) >= 11 is 0. The zero-order valence-electron chi connectivity index (χ0n) is 6.62. The van der Waals surface area contributed by atoms with Gasteiger partial charge in [-0.2, -0.15) is 0 Å². The molecule has 0 fully saturated rings. The topological polar surface area (TPSA) is 52.3 Å². The van der Waals surface area contributed by atoms with E-state index in [1.807, 2.05) is 12.2 Å². The van der Waals surface area contributed by atoms with Crippen molar-refractivity contribution in [3.05, 3.63) is 12.2 Å². The quantitative estimate of drug-likeness (QED) is 0.442. The Bertz CT molecular complexity index is 177. The van der Waals surface area contributed by atoms with E-state index >= 15 is 0 Å². The summed E-state index contributed by atoms with van der Waals surface area (Å²) in [5.74, 6) is -0.229. The number of rotatable bonds is 1. The zero-order chi connectivity index (χ0) is 8.27. The molecule has 0 radical (unpaired) electrons. The fraction of sp³-hybridized carbons (Fsp3) is 0.625. The van der Waals surface area contributed by atoms with Gasteiger partial charge in [-0.25, -0.2) is 0 Å². The summed E-state index contributed by atoms with van der Waals surface area (Å²) < 4.78 is 4.59. The number of methoxy groups -OCH3 is 1. The number of carbonyl (C=O) groups is 1. The van der Waals surface area contributed by atoms with Gasteiger partial charge in [-0.1, -0.05) is 12.2 Å². The standard InChI is InChI=1S/C8H13NO2/c1-11-8(10)6-2-4-7(9)5-3-6/h2,4,6-7H,3,5,9H2,1H3/t6-,7+/m0/s1. The number of esters is 1.